The first-order chi connectivity index (χ1) is 10.7. The molecule has 7 nitrogen and oxygen atoms in total. The summed E-state index contributed by atoms with van der Waals surface area (Å²) in [4.78, 5) is 27.3. The van der Waals surface area contributed by atoms with Crippen molar-refractivity contribution in [3.8, 4) is 0 Å². The lowest BCUT2D eigenvalue weighted by molar-refractivity contribution is -0.122. The van der Waals surface area contributed by atoms with Gasteiger partial charge in [0.05, 0.1) is 5.39 Å². The molecule has 1 aliphatic heterocycles. The van der Waals surface area contributed by atoms with Gasteiger partial charge in [-0.3, -0.25) is 4.79 Å². The number of nitrogen functional groups attached to an aromatic ring is 1. The second-order valence-electron chi connectivity index (χ2n) is 5.94. The average molecular weight is 298 g/mol. The van der Waals surface area contributed by atoms with E-state index in [1.807, 2.05) is 6.07 Å². The molecular formula is C15H18N6O. The molecule has 1 saturated carbocycles. The normalized spacial score (nSPS) is 21.3. The molecule has 1 saturated heterocycles. The van der Waals surface area contributed by atoms with Crippen molar-refractivity contribution in [3.63, 3.8) is 0 Å². The maximum Gasteiger partial charge on any atom is 0.242 e. The SMILES string of the molecule is Nc1ccc2c(N3CCC[C@H]3C(=O)NC3CC3)ncnc2n1. The van der Waals surface area contributed by atoms with Gasteiger partial charge in [-0.2, -0.15) is 0 Å². The van der Waals surface area contributed by atoms with Crippen molar-refractivity contribution < 1.29 is 4.79 Å². The number of amides is 1. The van der Waals surface area contributed by atoms with Crippen LogP contribution in [0.5, 0.6) is 0 Å². The highest BCUT2D eigenvalue weighted by Crippen LogP contribution is 2.30. The maximum absolute atomic E-state index is 12.4. The highest BCUT2D eigenvalue weighted by atomic mass is 16.2. The summed E-state index contributed by atoms with van der Waals surface area (Å²) in [6.45, 7) is 0.819. The van der Waals surface area contributed by atoms with Crippen molar-refractivity contribution in [2.24, 2.45) is 0 Å². The van der Waals surface area contributed by atoms with Crippen LogP contribution in [0.1, 0.15) is 25.7 Å². The molecule has 0 bridgehead atoms. The number of pyridine rings is 1. The van der Waals surface area contributed by atoms with Crippen molar-refractivity contribution in [3.05, 3.63) is 18.5 Å². The molecule has 1 atom stereocenters. The number of hydrogen-bond donors (Lipinski definition) is 2. The smallest absolute Gasteiger partial charge is 0.242 e. The van der Waals surface area contributed by atoms with E-state index in [4.69, 9.17) is 5.73 Å². The standard InChI is InChI=1S/C15H18N6O/c16-12-6-5-10-13(20-12)17-8-18-14(10)21-7-1-2-11(21)15(22)19-9-3-4-9/h5-6,8-9,11H,1-4,7H2,(H,19,22)(H2,16,17,18,20)/t11-/m0/s1. The van der Waals surface area contributed by atoms with Crippen LogP contribution in [0.3, 0.4) is 0 Å². The first-order valence-electron chi connectivity index (χ1n) is 7.66. The van der Waals surface area contributed by atoms with Crippen LogP contribution in [-0.2, 0) is 4.79 Å². The summed E-state index contributed by atoms with van der Waals surface area (Å²) in [6.07, 6.45) is 5.51. The van der Waals surface area contributed by atoms with Crippen LogP contribution in [-0.4, -0.2) is 39.5 Å². The number of carbonyl (C=O) groups is 1. The fourth-order valence-corrected chi connectivity index (χ4v) is 2.99. The van der Waals surface area contributed by atoms with E-state index in [1.165, 1.54) is 6.33 Å². The lowest BCUT2D eigenvalue weighted by Gasteiger charge is -2.25. The Morgan fingerprint density at radius 2 is 2.14 bits per heavy atom. The second kappa shape index (κ2) is 5.08. The Hall–Kier alpha value is -2.44. The van der Waals surface area contributed by atoms with Crippen LogP contribution >= 0.6 is 0 Å². The summed E-state index contributed by atoms with van der Waals surface area (Å²) in [5.41, 5.74) is 6.28. The monoisotopic (exact) mass is 298 g/mol. The number of carbonyl (C=O) groups excluding carboxylic acids is 1. The number of rotatable bonds is 3. The minimum absolute atomic E-state index is 0.107. The predicted octanol–water partition coefficient (Wildman–Crippen LogP) is 0.854. The molecule has 2 aromatic heterocycles. The summed E-state index contributed by atoms with van der Waals surface area (Å²) in [5, 5.41) is 3.93. The molecule has 114 valence electrons. The molecule has 3 heterocycles. The summed E-state index contributed by atoms with van der Waals surface area (Å²) < 4.78 is 0. The van der Waals surface area contributed by atoms with Crippen LogP contribution < -0.4 is 16.0 Å². The van der Waals surface area contributed by atoms with Gasteiger partial charge in [0, 0.05) is 12.6 Å². The Balaban J connectivity index is 1.69. The zero-order valence-electron chi connectivity index (χ0n) is 12.2. The van der Waals surface area contributed by atoms with Crippen molar-refractivity contribution in [1.29, 1.82) is 0 Å². The molecule has 1 amide bonds. The van der Waals surface area contributed by atoms with Crippen LogP contribution in [0.25, 0.3) is 11.0 Å². The average Bonchev–Trinajstić information content (AvgIpc) is 3.18. The molecule has 22 heavy (non-hydrogen) atoms. The third-order valence-electron chi connectivity index (χ3n) is 4.25. The summed E-state index contributed by atoms with van der Waals surface area (Å²) >= 11 is 0. The molecule has 0 aromatic carbocycles. The van der Waals surface area contributed by atoms with Crippen molar-refractivity contribution >= 4 is 28.6 Å². The minimum atomic E-state index is -0.156. The van der Waals surface area contributed by atoms with Crippen LogP contribution in [0.4, 0.5) is 11.6 Å². The lowest BCUT2D eigenvalue weighted by Crippen LogP contribution is -2.44. The van der Waals surface area contributed by atoms with Crippen molar-refractivity contribution in [1.82, 2.24) is 20.3 Å². The molecule has 2 fully saturated rings. The van der Waals surface area contributed by atoms with Crippen molar-refractivity contribution in [2.45, 2.75) is 37.8 Å². The Morgan fingerprint density at radius 3 is 2.95 bits per heavy atom. The number of aromatic nitrogens is 3. The van der Waals surface area contributed by atoms with Crippen LogP contribution in [0, 0.1) is 0 Å². The first-order valence-corrected chi connectivity index (χ1v) is 7.66. The van der Waals surface area contributed by atoms with E-state index >= 15 is 0 Å². The fourth-order valence-electron chi connectivity index (χ4n) is 2.99. The number of hydrogen-bond acceptors (Lipinski definition) is 6. The summed E-state index contributed by atoms with van der Waals surface area (Å²) in [7, 11) is 0. The van der Waals surface area contributed by atoms with Gasteiger partial charge >= 0.3 is 0 Å². The van der Waals surface area contributed by atoms with Gasteiger partial charge in [-0.05, 0) is 37.8 Å². The van der Waals surface area contributed by atoms with E-state index in [0.29, 0.717) is 17.5 Å². The van der Waals surface area contributed by atoms with Gasteiger partial charge in [0.2, 0.25) is 5.91 Å². The zero-order valence-corrected chi connectivity index (χ0v) is 12.2. The number of fused-ring (bicyclic) bond motifs is 1. The van der Waals surface area contributed by atoms with E-state index < -0.39 is 0 Å². The Bertz CT molecular complexity index is 729. The number of nitrogens with two attached hydrogens (primary N) is 1. The van der Waals surface area contributed by atoms with E-state index in [0.717, 1.165) is 43.4 Å². The number of nitrogens with zero attached hydrogens (tertiary/aromatic N) is 4. The van der Waals surface area contributed by atoms with Gasteiger partial charge in [0.1, 0.15) is 24.0 Å². The minimum Gasteiger partial charge on any atom is -0.384 e. The molecule has 1 aliphatic carbocycles. The largest absolute Gasteiger partial charge is 0.384 e. The van der Waals surface area contributed by atoms with Gasteiger partial charge in [-0.25, -0.2) is 15.0 Å². The highest BCUT2D eigenvalue weighted by Gasteiger charge is 2.35. The van der Waals surface area contributed by atoms with Gasteiger partial charge in [0.25, 0.3) is 0 Å². The van der Waals surface area contributed by atoms with Crippen LogP contribution in [0.2, 0.25) is 0 Å². The lowest BCUT2D eigenvalue weighted by atomic mass is 10.2. The van der Waals surface area contributed by atoms with Gasteiger partial charge < -0.3 is 16.0 Å². The number of nitrogens with one attached hydrogen (secondary N) is 1. The van der Waals surface area contributed by atoms with E-state index in [-0.39, 0.29) is 11.9 Å². The third kappa shape index (κ3) is 2.32. The molecular weight excluding hydrogens is 280 g/mol. The highest BCUT2D eigenvalue weighted by molar-refractivity contribution is 5.92. The summed E-state index contributed by atoms with van der Waals surface area (Å²) in [6, 6.07) is 3.83. The van der Waals surface area contributed by atoms with E-state index in [2.05, 4.69) is 25.2 Å². The Labute approximate surface area is 127 Å². The van der Waals surface area contributed by atoms with Gasteiger partial charge in [-0.15, -0.1) is 0 Å². The molecule has 7 heteroatoms. The van der Waals surface area contributed by atoms with Gasteiger partial charge in [0.15, 0.2) is 5.65 Å². The van der Waals surface area contributed by atoms with E-state index in [9.17, 15) is 4.79 Å². The Kier molecular flexibility index (Phi) is 3.06. The van der Waals surface area contributed by atoms with E-state index in [1.54, 1.807) is 6.07 Å². The number of anilines is 2. The first kappa shape index (κ1) is 13.2. The van der Waals surface area contributed by atoms with Gasteiger partial charge in [-0.1, -0.05) is 0 Å². The zero-order chi connectivity index (χ0) is 15.1. The topological polar surface area (TPSA) is 97.0 Å². The molecule has 0 unspecified atom stereocenters. The summed E-state index contributed by atoms with van der Waals surface area (Å²) in [5.74, 6) is 1.31. The molecule has 2 aliphatic rings. The third-order valence-corrected chi connectivity index (χ3v) is 4.25. The fraction of sp³-hybridized carbons (Fsp3) is 0.467. The molecule has 0 spiro atoms. The second-order valence-corrected chi connectivity index (χ2v) is 5.94. The molecule has 3 N–H and O–H groups in total. The van der Waals surface area contributed by atoms with Crippen LogP contribution in [0.15, 0.2) is 18.5 Å². The quantitative estimate of drug-likeness (QED) is 0.872. The molecule has 0 radical (unpaired) electrons. The van der Waals surface area contributed by atoms with Crippen molar-refractivity contribution in [2.75, 3.05) is 17.2 Å². The Morgan fingerprint density at radius 1 is 1.27 bits per heavy atom. The molecule has 4 rings (SSSR count). The predicted molar refractivity (Wildman–Crippen MR) is 83.3 cm³/mol. The molecule has 2 aromatic rings. The maximum atomic E-state index is 12.4.